The third-order valence-corrected chi connectivity index (χ3v) is 7.97. The zero-order valence-corrected chi connectivity index (χ0v) is 22.1. The molecule has 11 nitrogen and oxygen atoms in total. The summed E-state index contributed by atoms with van der Waals surface area (Å²) in [5, 5.41) is 17.8. The Balaban J connectivity index is 1.05. The Labute approximate surface area is 227 Å². The molecular formula is C27H37FN8O3. The lowest BCUT2D eigenvalue weighted by atomic mass is 9.96. The van der Waals surface area contributed by atoms with Crippen LogP contribution in [0.25, 0.3) is 0 Å². The van der Waals surface area contributed by atoms with E-state index in [0.717, 1.165) is 23.5 Å². The predicted molar refractivity (Wildman–Crippen MR) is 145 cm³/mol. The van der Waals surface area contributed by atoms with E-state index in [9.17, 15) is 9.18 Å². The maximum Gasteiger partial charge on any atom is 0.407 e. The van der Waals surface area contributed by atoms with Crippen molar-refractivity contribution in [1.82, 2.24) is 31.8 Å². The van der Waals surface area contributed by atoms with Gasteiger partial charge < -0.3 is 30.4 Å². The average molecular weight is 541 g/mol. The van der Waals surface area contributed by atoms with Gasteiger partial charge in [-0.1, -0.05) is 19.1 Å². The average Bonchev–Trinajstić information content (AvgIpc) is 3.48. The van der Waals surface area contributed by atoms with Crippen LogP contribution in [-0.4, -0.2) is 75.0 Å². The number of rotatable bonds is 7. The van der Waals surface area contributed by atoms with E-state index in [4.69, 9.17) is 9.47 Å². The van der Waals surface area contributed by atoms with Crippen LogP contribution in [0.15, 0.2) is 42.5 Å². The third-order valence-electron chi connectivity index (χ3n) is 7.97. The maximum absolute atomic E-state index is 13.6. The number of carbonyl (C=O) groups excluding carboxylic acids is 1. The minimum absolute atomic E-state index is 0.0107. The normalized spacial score (nSPS) is 28.6. The zero-order chi connectivity index (χ0) is 26.8. The number of nitrogens with zero attached hydrogens (tertiary/aromatic N) is 2. The lowest BCUT2D eigenvalue weighted by Gasteiger charge is -2.40. The molecule has 3 fully saturated rings. The van der Waals surface area contributed by atoms with Crippen LogP contribution >= 0.6 is 0 Å². The second-order valence-corrected chi connectivity index (χ2v) is 10.6. The van der Waals surface area contributed by atoms with E-state index in [1.807, 2.05) is 6.07 Å². The summed E-state index contributed by atoms with van der Waals surface area (Å²) in [6, 6.07) is 13.1. The number of hydrazine groups is 2. The number of fused-ring (bicyclic) bond motifs is 2. The van der Waals surface area contributed by atoms with E-state index in [-0.39, 0.29) is 42.6 Å². The Morgan fingerprint density at radius 1 is 1.21 bits per heavy atom. The number of nitrogens with one attached hydrogen (secondary N) is 6. The fourth-order valence-electron chi connectivity index (χ4n) is 5.95. The van der Waals surface area contributed by atoms with Crippen LogP contribution in [0.3, 0.4) is 0 Å². The van der Waals surface area contributed by atoms with Crippen LogP contribution in [0, 0.1) is 11.7 Å². The molecule has 0 aliphatic carbocycles. The predicted octanol–water partition coefficient (Wildman–Crippen LogP) is 1.06. The topological polar surface area (TPSA) is 114 Å². The number of ether oxygens (including phenoxy) is 2. The standard InChI is InChI=1S/C27H37FN8O3/c1-17-23(34-27(37)39-15-22-14-38-8-7-29-22)13-36-25(17)26(30-16-32-36)33-21-5-6-24-19(10-21)11-31-35(24)12-18-3-2-4-20(28)9-18/h2-6,9-10,17,22-23,25-26,29-33H,7-8,11-16H2,1H3,(H,34,37)/t17?,22-,23?,25?,26?/m1/s1. The number of morpholine rings is 1. The van der Waals surface area contributed by atoms with Crippen molar-refractivity contribution in [2.45, 2.75) is 44.3 Å². The van der Waals surface area contributed by atoms with Crippen molar-refractivity contribution in [3.05, 3.63) is 59.4 Å². The molecule has 2 aromatic carbocycles. The highest BCUT2D eigenvalue weighted by Gasteiger charge is 2.46. The monoisotopic (exact) mass is 540 g/mol. The number of halogens is 1. The Kier molecular flexibility index (Phi) is 7.82. The van der Waals surface area contributed by atoms with E-state index < -0.39 is 6.09 Å². The number of anilines is 2. The second-order valence-electron chi connectivity index (χ2n) is 10.6. The summed E-state index contributed by atoms with van der Waals surface area (Å²) >= 11 is 0. The molecule has 210 valence electrons. The molecule has 4 aliphatic rings. The molecule has 3 saturated heterocycles. The summed E-state index contributed by atoms with van der Waals surface area (Å²) in [5.74, 6) is -0.0540. The lowest BCUT2D eigenvalue weighted by molar-refractivity contribution is 0.0459. The fraction of sp³-hybridized carbons (Fsp3) is 0.519. The Morgan fingerprint density at radius 3 is 2.97 bits per heavy atom. The van der Waals surface area contributed by atoms with Gasteiger partial charge in [0.25, 0.3) is 0 Å². The molecule has 4 heterocycles. The van der Waals surface area contributed by atoms with Crippen molar-refractivity contribution in [3.8, 4) is 0 Å². The Hall–Kier alpha value is -3.00. The van der Waals surface area contributed by atoms with Crippen molar-refractivity contribution in [1.29, 1.82) is 0 Å². The summed E-state index contributed by atoms with van der Waals surface area (Å²) in [6.45, 7) is 7.07. The molecule has 0 spiro atoms. The zero-order valence-electron chi connectivity index (χ0n) is 22.1. The van der Waals surface area contributed by atoms with Crippen molar-refractivity contribution in [2.24, 2.45) is 5.92 Å². The summed E-state index contributed by atoms with van der Waals surface area (Å²) in [7, 11) is 0. The fourth-order valence-corrected chi connectivity index (χ4v) is 5.95. The van der Waals surface area contributed by atoms with Crippen molar-refractivity contribution in [2.75, 3.05) is 49.9 Å². The molecule has 0 saturated carbocycles. The van der Waals surface area contributed by atoms with Gasteiger partial charge in [0, 0.05) is 25.3 Å². The van der Waals surface area contributed by atoms with E-state index in [1.54, 1.807) is 12.1 Å². The number of amides is 1. The van der Waals surface area contributed by atoms with Gasteiger partial charge in [-0.05, 0) is 47.4 Å². The molecule has 0 radical (unpaired) electrons. The molecule has 4 aliphatic heterocycles. The SMILES string of the molecule is CC1C(NC(=O)OC[C@H]2COCCN2)CN2NCNC(Nc3ccc4c(c3)CNN4Cc3cccc(F)c3)C12. The van der Waals surface area contributed by atoms with Crippen molar-refractivity contribution >= 4 is 17.5 Å². The molecule has 0 bridgehead atoms. The highest BCUT2D eigenvalue weighted by atomic mass is 19.1. The summed E-state index contributed by atoms with van der Waals surface area (Å²) in [5.41, 5.74) is 11.0. The van der Waals surface area contributed by atoms with Gasteiger partial charge in [-0.25, -0.2) is 25.0 Å². The Bertz CT molecular complexity index is 1170. The van der Waals surface area contributed by atoms with Crippen LogP contribution in [0.4, 0.5) is 20.6 Å². The number of hydrogen-bond donors (Lipinski definition) is 6. The highest BCUT2D eigenvalue weighted by molar-refractivity contribution is 5.68. The first kappa shape index (κ1) is 26.2. The van der Waals surface area contributed by atoms with Crippen LogP contribution in [0.5, 0.6) is 0 Å². The van der Waals surface area contributed by atoms with E-state index in [0.29, 0.717) is 39.5 Å². The summed E-state index contributed by atoms with van der Waals surface area (Å²) in [4.78, 5) is 12.5. The molecule has 2 aromatic rings. The summed E-state index contributed by atoms with van der Waals surface area (Å²) in [6.07, 6.45) is -0.408. The van der Waals surface area contributed by atoms with Crippen LogP contribution < -0.4 is 37.1 Å². The van der Waals surface area contributed by atoms with E-state index in [2.05, 4.69) is 67.3 Å². The number of carbonyl (C=O) groups is 1. The van der Waals surface area contributed by atoms with E-state index in [1.165, 1.54) is 11.6 Å². The van der Waals surface area contributed by atoms with Gasteiger partial charge in [-0.3, -0.25) is 5.32 Å². The van der Waals surface area contributed by atoms with Gasteiger partial charge in [-0.2, -0.15) is 0 Å². The third kappa shape index (κ3) is 5.96. The molecular weight excluding hydrogens is 503 g/mol. The minimum Gasteiger partial charge on any atom is -0.448 e. The largest absolute Gasteiger partial charge is 0.448 e. The first-order valence-electron chi connectivity index (χ1n) is 13.7. The molecule has 5 atom stereocenters. The molecule has 1 amide bonds. The van der Waals surface area contributed by atoms with Gasteiger partial charge in [-0.15, -0.1) is 0 Å². The first-order valence-corrected chi connectivity index (χ1v) is 13.7. The molecule has 4 unspecified atom stereocenters. The van der Waals surface area contributed by atoms with E-state index >= 15 is 0 Å². The number of alkyl carbamates (subject to hydrolysis) is 1. The maximum atomic E-state index is 13.6. The van der Waals surface area contributed by atoms with Crippen LogP contribution in [0.1, 0.15) is 18.1 Å². The number of hydrogen-bond acceptors (Lipinski definition) is 10. The minimum atomic E-state index is -0.398. The molecule has 12 heteroatoms. The van der Waals surface area contributed by atoms with Gasteiger partial charge in [0.1, 0.15) is 12.4 Å². The summed E-state index contributed by atoms with van der Waals surface area (Å²) < 4.78 is 24.5. The van der Waals surface area contributed by atoms with Crippen LogP contribution in [0.2, 0.25) is 0 Å². The quantitative estimate of drug-likeness (QED) is 0.305. The van der Waals surface area contributed by atoms with Crippen LogP contribution in [-0.2, 0) is 22.6 Å². The molecule has 39 heavy (non-hydrogen) atoms. The first-order chi connectivity index (χ1) is 19.0. The molecule has 6 rings (SSSR count). The van der Waals surface area contributed by atoms with Crippen molar-refractivity contribution in [3.63, 3.8) is 0 Å². The second kappa shape index (κ2) is 11.6. The number of benzene rings is 2. The highest BCUT2D eigenvalue weighted by Crippen LogP contribution is 2.32. The van der Waals surface area contributed by atoms with Gasteiger partial charge in [0.2, 0.25) is 0 Å². The Morgan fingerprint density at radius 2 is 2.13 bits per heavy atom. The van der Waals surface area contributed by atoms with Gasteiger partial charge in [0.05, 0.1) is 56.4 Å². The van der Waals surface area contributed by atoms with Gasteiger partial charge in [0.15, 0.2) is 0 Å². The molecule has 0 aromatic heterocycles. The lowest BCUT2D eigenvalue weighted by Crippen LogP contribution is -2.65. The molecule has 6 N–H and O–H groups in total. The van der Waals surface area contributed by atoms with Crippen molar-refractivity contribution < 1.29 is 18.7 Å². The van der Waals surface area contributed by atoms with Gasteiger partial charge >= 0.3 is 6.09 Å². The smallest absolute Gasteiger partial charge is 0.407 e.